The fourth-order valence-corrected chi connectivity index (χ4v) is 1.86. The molecule has 0 aliphatic rings. The quantitative estimate of drug-likeness (QED) is 0.297. The minimum atomic E-state index is -0.445. The lowest BCUT2D eigenvalue weighted by Crippen LogP contribution is -2.07. The topological polar surface area (TPSA) is 80.8 Å². The summed E-state index contributed by atoms with van der Waals surface area (Å²) in [7, 11) is 0. The lowest BCUT2D eigenvalue weighted by molar-refractivity contribution is -0.143. The number of rotatable bonds is 13. The van der Waals surface area contributed by atoms with Gasteiger partial charge in [-0.3, -0.25) is 4.79 Å². The lowest BCUT2D eigenvalue weighted by atomic mass is 10.1. The normalized spacial score (nSPS) is 9.55. The van der Waals surface area contributed by atoms with Crippen molar-refractivity contribution in [3.63, 3.8) is 0 Å². The summed E-state index contributed by atoms with van der Waals surface area (Å²) < 4.78 is 9.75. The Morgan fingerprint density at radius 2 is 1.32 bits per heavy atom. The summed E-state index contributed by atoms with van der Waals surface area (Å²) in [5.74, 6) is -0.884. The van der Waals surface area contributed by atoms with Gasteiger partial charge >= 0.3 is 18.5 Å². The van der Waals surface area contributed by atoms with E-state index in [9.17, 15) is 9.59 Å². The van der Waals surface area contributed by atoms with E-state index < -0.39 is 11.9 Å². The van der Waals surface area contributed by atoms with Crippen molar-refractivity contribution in [2.75, 3.05) is 19.8 Å². The Hall–Kier alpha value is -2.08. The monoisotopic (exact) mass is 308 g/mol. The molecule has 22 heavy (non-hydrogen) atoms. The summed E-state index contributed by atoms with van der Waals surface area (Å²) in [6.07, 6.45) is 8.06. The molecule has 0 radical (unpaired) electrons. The number of nitrogens with zero attached hydrogens (tertiary/aromatic N) is 2. The molecule has 0 N–H and O–H groups in total. The van der Waals surface area contributed by atoms with Crippen LogP contribution in [0.5, 0.6) is 0 Å². The van der Waals surface area contributed by atoms with Crippen LogP contribution >= 0.6 is 0 Å². The number of hydrogen-bond donors (Lipinski definition) is 0. The molecule has 6 heteroatoms. The smallest absolute Gasteiger partial charge is 0.387 e. The molecule has 0 unspecified atom stereocenters. The van der Waals surface area contributed by atoms with E-state index in [0.29, 0.717) is 13.2 Å². The third-order valence-electron chi connectivity index (χ3n) is 3.00. The van der Waals surface area contributed by atoms with Gasteiger partial charge in [-0.15, -0.1) is 0 Å². The maximum Gasteiger partial charge on any atom is 0.387 e. The molecule has 0 aromatic heterocycles. The zero-order valence-electron chi connectivity index (χ0n) is 13.0. The summed E-state index contributed by atoms with van der Waals surface area (Å²) in [5, 5.41) is 8.28. The molecule has 0 aliphatic carbocycles. The van der Waals surface area contributed by atoms with Crippen molar-refractivity contribution in [3.05, 3.63) is 11.4 Å². The molecule has 0 aromatic rings. The molecular weight excluding hydrogens is 284 g/mol. The summed E-state index contributed by atoms with van der Waals surface area (Å²) in [5.41, 5.74) is 0. The maximum atomic E-state index is 10.9. The first kappa shape index (κ1) is 19.9. The van der Waals surface area contributed by atoms with Gasteiger partial charge in [-0.2, -0.15) is 5.26 Å². The van der Waals surface area contributed by atoms with Gasteiger partial charge in [-0.1, -0.05) is 38.5 Å². The molecule has 0 bridgehead atoms. The summed E-state index contributed by atoms with van der Waals surface area (Å²) >= 11 is 0. The van der Waals surface area contributed by atoms with Gasteiger partial charge in [0.1, 0.15) is 6.42 Å². The van der Waals surface area contributed by atoms with Crippen molar-refractivity contribution in [2.45, 2.75) is 57.8 Å². The Bertz CT molecular complexity index is 358. The van der Waals surface area contributed by atoms with Crippen LogP contribution in [0.25, 0.3) is 4.85 Å². The Morgan fingerprint density at radius 1 is 0.864 bits per heavy atom. The highest BCUT2D eigenvalue weighted by atomic mass is 16.5. The minimum Gasteiger partial charge on any atom is -0.465 e. The van der Waals surface area contributed by atoms with E-state index in [4.69, 9.17) is 21.3 Å². The highest BCUT2D eigenvalue weighted by Crippen LogP contribution is 2.09. The zero-order valence-corrected chi connectivity index (χ0v) is 13.0. The number of carbonyl (C=O) groups is 2. The van der Waals surface area contributed by atoms with Crippen molar-refractivity contribution >= 4 is 11.9 Å². The predicted octanol–water partition coefficient (Wildman–Crippen LogP) is 3.03. The highest BCUT2D eigenvalue weighted by Gasteiger charge is 2.03. The number of carbonyl (C=O) groups excluding carboxylic acids is 2. The second kappa shape index (κ2) is 15.3. The summed E-state index contributed by atoms with van der Waals surface area (Å²) in [4.78, 5) is 24.7. The van der Waals surface area contributed by atoms with Crippen molar-refractivity contribution < 1.29 is 19.1 Å². The third-order valence-corrected chi connectivity index (χ3v) is 3.00. The third kappa shape index (κ3) is 14.3. The molecule has 0 aliphatic heterocycles. The van der Waals surface area contributed by atoms with E-state index in [0.717, 1.165) is 51.4 Å². The highest BCUT2D eigenvalue weighted by molar-refractivity contribution is 5.73. The molecule has 0 saturated heterocycles. The molecule has 0 amide bonds. The molecule has 122 valence electrons. The van der Waals surface area contributed by atoms with Crippen molar-refractivity contribution in [1.29, 1.82) is 5.26 Å². The Kier molecular flexibility index (Phi) is 13.9. The predicted molar refractivity (Wildman–Crippen MR) is 80.6 cm³/mol. The number of ether oxygens (including phenoxy) is 2. The Balaban J connectivity index is 3.15. The van der Waals surface area contributed by atoms with Gasteiger partial charge in [-0.25, -0.2) is 11.4 Å². The van der Waals surface area contributed by atoms with Crippen LogP contribution in [-0.2, 0) is 19.1 Å². The van der Waals surface area contributed by atoms with E-state index >= 15 is 0 Å². The van der Waals surface area contributed by atoms with Gasteiger partial charge in [0.25, 0.3) is 0 Å². The number of hydrogen-bond acceptors (Lipinski definition) is 5. The minimum absolute atomic E-state index is 0.173. The van der Waals surface area contributed by atoms with E-state index in [1.54, 1.807) is 6.07 Å². The molecule has 0 spiro atoms. The van der Waals surface area contributed by atoms with E-state index in [-0.39, 0.29) is 13.0 Å². The number of nitriles is 1. The lowest BCUT2D eigenvalue weighted by Gasteiger charge is -2.04. The van der Waals surface area contributed by atoms with Gasteiger partial charge in [-0.05, 0) is 12.8 Å². The Labute approximate surface area is 132 Å². The molecule has 0 atom stereocenters. The number of esters is 2. The van der Waals surface area contributed by atoms with Crippen molar-refractivity contribution in [3.8, 4) is 6.07 Å². The van der Waals surface area contributed by atoms with E-state index in [2.05, 4.69) is 4.85 Å². The second-order valence-electron chi connectivity index (χ2n) is 4.92. The van der Waals surface area contributed by atoms with Crippen LogP contribution in [0.15, 0.2) is 0 Å². The van der Waals surface area contributed by atoms with Crippen LogP contribution in [0.2, 0.25) is 0 Å². The fraction of sp³-hybridized carbons (Fsp3) is 0.750. The molecule has 0 heterocycles. The van der Waals surface area contributed by atoms with E-state index in [1.807, 2.05) is 0 Å². The molecule has 0 fully saturated rings. The van der Waals surface area contributed by atoms with Crippen LogP contribution in [0.3, 0.4) is 0 Å². The second-order valence-corrected chi connectivity index (χ2v) is 4.92. The molecular formula is C16H24N2O4. The first-order chi connectivity index (χ1) is 10.7. The van der Waals surface area contributed by atoms with Crippen LogP contribution < -0.4 is 0 Å². The van der Waals surface area contributed by atoms with Crippen molar-refractivity contribution in [1.82, 2.24) is 0 Å². The van der Waals surface area contributed by atoms with Crippen LogP contribution in [0, 0.1) is 17.9 Å². The van der Waals surface area contributed by atoms with Gasteiger partial charge < -0.3 is 14.3 Å². The largest absolute Gasteiger partial charge is 0.465 e. The van der Waals surface area contributed by atoms with Crippen LogP contribution in [-0.4, -0.2) is 31.7 Å². The first-order valence-corrected chi connectivity index (χ1v) is 7.72. The molecule has 6 nitrogen and oxygen atoms in total. The number of unbranched alkanes of at least 4 members (excludes halogenated alkanes) is 7. The SMILES string of the molecule is [C-]#[N+]CC(=O)OCCCCCCCCCCOC(=O)CC#N. The van der Waals surface area contributed by atoms with Crippen molar-refractivity contribution in [2.24, 2.45) is 0 Å². The average Bonchev–Trinajstić information content (AvgIpc) is 2.49. The molecule has 0 rings (SSSR count). The zero-order chi connectivity index (χ0) is 16.5. The first-order valence-electron chi connectivity index (χ1n) is 7.72. The van der Waals surface area contributed by atoms with Gasteiger partial charge in [0, 0.05) is 0 Å². The fourth-order valence-electron chi connectivity index (χ4n) is 1.86. The standard InChI is InChI=1S/C16H24N2O4/c1-18-14-16(20)22-13-9-7-5-3-2-4-6-8-12-21-15(19)10-11-17/h2-10,12-14H2. The summed E-state index contributed by atoms with van der Waals surface area (Å²) in [6, 6.07) is 1.75. The molecule has 0 aromatic carbocycles. The molecule has 0 saturated carbocycles. The van der Waals surface area contributed by atoms with Crippen LogP contribution in [0.4, 0.5) is 0 Å². The van der Waals surface area contributed by atoms with Gasteiger partial charge in [0.05, 0.1) is 19.3 Å². The maximum absolute atomic E-state index is 10.9. The average molecular weight is 308 g/mol. The van der Waals surface area contributed by atoms with Crippen LogP contribution in [0.1, 0.15) is 57.8 Å². The van der Waals surface area contributed by atoms with Gasteiger partial charge in [0.2, 0.25) is 0 Å². The van der Waals surface area contributed by atoms with Gasteiger partial charge in [0.15, 0.2) is 0 Å². The summed E-state index contributed by atoms with van der Waals surface area (Å²) in [6.45, 7) is 7.13. The van der Waals surface area contributed by atoms with E-state index in [1.165, 1.54) is 0 Å². The Morgan fingerprint density at radius 3 is 1.77 bits per heavy atom.